The van der Waals surface area contributed by atoms with Gasteiger partial charge in [0.05, 0.1) is 5.69 Å². The van der Waals surface area contributed by atoms with Gasteiger partial charge < -0.3 is 5.32 Å². The van der Waals surface area contributed by atoms with Gasteiger partial charge >= 0.3 is 0 Å². The Bertz CT molecular complexity index is 1150. The van der Waals surface area contributed by atoms with Gasteiger partial charge in [-0.05, 0) is 29.5 Å². The summed E-state index contributed by atoms with van der Waals surface area (Å²) in [6, 6.07) is 31.2. The molecule has 0 fully saturated rings. The van der Waals surface area contributed by atoms with Crippen LogP contribution in [0.2, 0.25) is 0 Å². The molecule has 1 N–H and O–H groups in total. The van der Waals surface area contributed by atoms with Gasteiger partial charge in [0, 0.05) is 22.6 Å². The van der Waals surface area contributed by atoms with E-state index in [1.165, 1.54) is 16.0 Å². The molecule has 0 amide bonds. The molecule has 31 heavy (non-hydrogen) atoms. The minimum Gasteiger partial charge on any atom is -0.336 e. The largest absolute Gasteiger partial charge is 0.336 e. The van der Waals surface area contributed by atoms with Gasteiger partial charge in [-0.25, -0.2) is 4.98 Å². The number of anilines is 1. The van der Waals surface area contributed by atoms with Crippen LogP contribution in [0.1, 0.15) is 28.8 Å². The molecule has 1 heterocycles. The van der Waals surface area contributed by atoms with Gasteiger partial charge in [-0.2, -0.15) is 0 Å². The quantitative estimate of drug-likeness (QED) is 0.297. The summed E-state index contributed by atoms with van der Waals surface area (Å²) >= 11 is 1.70. The van der Waals surface area contributed by atoms with Crippen LogP contribution in [-0.4, -0.2) is 4.98 Å². The van der Waals surface area contributed by atoms with Gasteiger partial charge in [0.1, 0.15) is 0 Å². The van der Waals surface area contributed by atoms with Gasteiger partial charge in [-0.1, -0.05) is 104 Å². The van der Waals surface area contributed by atoms with Crippen LogP contribution in [0.5, 0.6) is 0 Å². The Balaban J connectivity index is 1.47. The first-order valence-electron chi connectivity index (χ1n) is 10.5. The summed E-state index contributed by atoms with van der Waals surface area (Å²) < 4.78 is 0. The normalized spacial score (nSPS) is 10.6. The third-order valence-corrected chi connectivity index (χ3v) is 6.12. The van der Waals surface area contributed by atoms with E-state index >= 15 is 0 Å². The SMILES string of the molecule is C=C(CCC(=C)c1ccccc1)Nc1nc(-c2ccccc2)c(Cc2ccccc2)s1. The van der Waals surface area contributed by atoms with Gasteiger partial charge in [0.2, 0.25) is 0 Å². The van der Waals surface area contributed by atoms with Gasteiger partial charge in [0.15, 0.2) is 5.13 Å². The highest BCUT2D eigenvalue weighted by Gasteiger charge is 2.14. The van der Waals surface area contributed by atoms with Crippen LogP contribution in [-0.2, 0) is 6.42 Å². The van der Waals surface area contributed by atoms with Crippen molar-refractivity contribution in [2.75, 3.05) is 5.32 Å². The number of nitrogens with zero attached hydrogens (tertiary/aromatic N) is 1. The van der Waals surface area contributed by atoms with Crippen molar-refractivity contribution in [3.8, 4) is 11.3 Å². The predicted molar refractivity (Wildman–Crippen MR) is 134 cm³/mol. The molecule has 1 aromatic heterocycles. The van der Waals surface area contributed by atoms with Crippen LogP contribution in [0.25, 0.3) is 16.8 Å². The van der Waals surface area contributed by atoms with Gasteiger partial charge in [-0.3, -0.25) is 0 Å². The number of thiazole rings is 1. The molecule has 0 aliphatic carbocycles. The smallest absolute Gasteiger partial charge is 0.187 e. The minimum atomic E-state index is 0.821. The molecule has 3 aromatic carbocycles. The summed E-state index contributed by atoms with van der Waals surface area (Å²) in [4.78, 5) is 6.18. The topological polar surface area (TPSA) is 24.9 Å². The molecule has 3 heteroatoms. The number of benzene rings is 3. The lowest BCUT2D eigenvalue weighted by molar-refractivity contribution is 1.00. The third-order valence-electron chi connectivity index (χ3n) is 5.15. The molecular formula is C28H26N2S. The predicted octanol–water partition coefficient (Wildman–Crippen LogP) is 7.82. The van der Waals surface area contributed by atoms with Crippen LogP contribution < -0.4 is 5.32 Å². The average molecular weight is 423 g/mol. The van der Waals surface area contributed by atoms with Crippen molar-refractivity contribution >= 4 is 22.0 Å². The van der Waals surface area contributed by atoms with Crippen molar-refractivity contribution < 1.29 is 0 Å². The summed E-state index contributed by atoms with van der Waals surface area (Å²) in [5.41, 5.74) is 6.72. The molecule has 154 valence electrons. The average Bonchev–Trinajstić information content (AvgIpc) is 3.21. The first-order chi connectivity index (χ1) is 15.2. The standard InChI is InChI=1S/C28H26N2S/c1-21(24-14-8-4-9-15-24)18-19-22(2)29-28-30-27(25-16-10-5-11-17-25)26(31-28)20-23-12-6-3-7-13-23/h3-17H,1-2,18-20H2,(H,29,30). The van der Waals surface area contributed by atoms with E-state index in [1.807, 2.05) is 24.3 Å². The van der Waals surface area contributed by atoms with Crippen molar-refractivity contribution in [1.82, 2.24) is 4.98 Å². The van der Waals surface area contributed by atoms with Crippen LogP contribution in [0.4, 0.5) is 5.13 Å². The van der Waals surface area contributed by atoms with Gasteiger partial charge in [0.25, 0.3) is 0 Å². The molecule has 4 rings (SSSR count). The van der Waals surface area contributed by atoms with Crippen molar-refractivity contribution in [2.45, 2.75) is 19.3 Å². The highest BCUT2D eigenvalue weighted by molar-refractivity contribution is 7.16. The van der Waals surface area contributed by atoms with E-state index in [1.54, 1.807) is 11.3 Å². The number of aromatic nitrogens is 1. The molecule has 0 saturated carbocycles. The Morgan fingerprint density at radius 2 is 1.39 bits per heavy atom. The van der Waals surface area contributed by atoms with Crippen molar-refractivity contribution in [2.24, 2.45) is 0 Å². The van der Waals surface area contributed by atoms with Crippen molar-refractivity contribution in [3.05, 3.63) is 126 Å². The van der Waals surface area contributed by atoms with E-state index in [0.717, 1.165) is 46.9 Å². The third kappa shape index (κ3) is 5.59. The zero-order chi connectivity index (χ0) is 21.5. The van der Waals surface area contributed by atoms with Crippen LogP contribution in [0.3, 0.4) is 0 Å². The maximum Gasteiger partial charge on any atom is 0.187 e. The molecule has 0 atom stereocenters. The number of hydrogen-bond donors (Lipinski definition) is 1. The fourth-order valence-electron chi connectivity index (χ4n) is 3.46. The minimum absolute atomic E-state index is 0.821. The highest BCUT2D eigenvalue weighted by atomic mass is 32.1. The fraction of sp³-hybridized carbons (Fsp3) is 0.107. The molecule has 0 spiro atoms. The molecule has 0 aliphatic rings. The lowest BCUT2D eigenvalue weighted by Gasteiger charge is -2.09. The van der Waals surface area contributed by atoms with Gasteiger partial charge in [-0.15, -0.1) is 11.3 Å². The molecule has 0 aliphatic heterocycles. The van der Waals surface area contributed by atoms with E-state index in [-0.39, 0.29) is 0 Å². The molecule has 0 radical (unpaired) electrons. The lowest BCUT2D eigenvalue weighted by Crippen LogP contribution is -1.98. The Morgan fingerprint density at radius 1 is 0.774 bits per heavy atom. The van der Waals surface area contributed by atoms with Crippen molar-refractivity contribution in [1.29, 1.82) is 0 Å². The number of nitrogens with one attached hydrogen (secondary N) is 1. The first-order valence-corrected chi connectivity index (χ1v) is 11.3. The van der Waals surface area contributed by atoms with E-state index in [0.29, 0.717) is 0 Å². The summed E-state index contributed by atoms with van der Waals surface area (Å²) in [5, 5.41) is 4.33. The highest BCUT2D eigenvalue weighted by Crippen LogP contribution is 2.34. The summed E-state index contributed by atoms with van der Waals surface area (Å²) in [5.74, 6) is 0. The Morgan fingerprint density at radius 3 is 2.06 bits per heavy atom. The molecule has 2 nitrogen and oxygen atoms in total. The Hall–Kier alpha value is -3.43. The maximum atomic E-state index is 4.93. The second-order valence-corrected chi connectivity index (χ2v) is 8.60. The van der Waals surface area contributed by atoms with Crippen molar-refractivity contribution in [3.63, 3.8) is 0 Å². The Kier molecular flexibility index (Phi) is 6.75. The van der Waals surface area contributed by atoms with E-state index in [9.17, 15) is 0 Å². The number of hydrogen-bond acceptors (Lipinski definition) is 3. The van der Waals surface area contributed by atoms with Crippen LogP contribution >= 0.6 is 11.3 Å². The number of allylic oxidation sites excluding steroid dienone is 2. The number of rotatable bonds is 9. The molecule has 0 bridgehead atoms. The fourth-order valence-corrected chi connectivity index (χ4v) is 4.53. The van der Waals surface area contributed by atoms with Crippen LogP contribution in [0, 0.1) is 0 Å². The maximum absolute atomic E-state index is 4.93. The zero-order valence-electron chi connectivity index (χ0n) is 17.6. The zero-order valence-corrected chi connectivity index (χ0v) is 18.4. The summed E-state index contributed by atoms with van der Waals surface area (Å²) in [6.45, 7) is 8.45. The van der Waals surface area contributed by atoms with Crippen LogP contribution in [0.15, 0.2) is 110 Å². The first kappa shape index (κ1) is 20.8. The lowest BCUT2D eigenvalue weighted by atomic mass is 10.0. The summed E-state index contributed by atoms with van der Waals surface area (Å²) in [6.07, 6.45) is 2.55. The second kappa shape index (κ2) is 10.1. The molecular weight excluding hydrogens is 396 g/mol. The molecule has 0 unspecified atom stereocenters. The van der Waals surface area contributed by atoms with E-state index < -0.39 is 0 Å². The second-order valence-electron chi connectivity index (χ2n) is 7.52. The van der Waals surface area contributed by atoms with E-state index in [2.05, 4.69) is 85.2 Å². The summed E-state index contributed by atoms with van der Waals surface area (Å²) in [7, 11) is 0. The van der Waals surface area contributed by atoms with E-state index in [4.69, 9.17) is 4.98 Å². The Labute approximate surface area is 188 Å². The monoisotopic (exact) mass is 422 g/mol. The molecule has 4 aromatic rings. The molecule has 0 saturated heterocycles.